The van der Waals surface area contributed by atoms with Gasteiger partial charge in [-0.25, -0.2) is 4.68 Å². The van der Waals surface area contributed by atoms with E-state index in [1.54, 1.807) is 11.3 Å². The zero-order valence-electron chi connectivity index (χ0n) is 10.9. The third-order valence-electron chi connectivity index (χ3n) is 3.23. The highest BCUT2D eigenvalue weighted by Gasteiger charge is 2.12. The number of fused-ring (bicyclic) bond motifs is 3. The number of rotatable bonds is 4. The van der Waals surface area contributed by atoms with Gasteiger partial charge >= 0.3 is 5.97 Å². The summed E-state index contributed by atoms with van der Waals surface area (Å²) in [5.41, 5.74) is 1.41. The molecule has 1 N–H and O–H groups in total. The Kier molecular flexibility index (Phi) is 3.06. The molecule has 0 aliphatic rings. The first-order valence-electron chi connectivity index (χ1n) is 6.26. The van der Waals surface area contributed by atoms with E-state index in [1.807, 2.05) is 28.8 Å². The van der Waals surface area contributed by atoms with Crippen molar-refractivity contribution in [1.82, 2.24) is 14.2 Å². The zero-order chi connectivity index (χ0) is 14.3. The Labute approximate surface area is 117 Å². The first kappa shape index (κ1) is 12.9. The van der Waals surface area contributed by atoms with Crippen molar-refractivity contribution < 1.29 is 9.90 Å². The Bertz CT molecular complexity index is 859. The largest absolute Gasteiger partial charge is 0.481 e. The Morgan fingerprint density at radius 1 is 1.45 bits per heavy atom. The van der Waals surface area contributed by atoms with Gasteiger partial charge in [0.1, 0.15) is 11.3 Å². The molecule has 20 heavy (non-hydrogen) atoms. The molecule has 0 bridgehead atoms. The van der Waals surface area contributed by atoms with Crippen LogP contribution in [0.15, 0.2) is 22.3 Å². The van der Waals surface area contributed by atoms with Crippen LogP contribution in [0.5, 0.6) is 0 Å². The number of nitrogens with zero attached hydrogens (tertiary/aromatic N) is 3. The molecule has 0 amide bonds. The fourth-order valence-electron chi connectivity index (χ4n) is 2.36. The first-order valence-corrected chi connectivity index (χ1v) is 7.14. The summed E-state index contributed by atoms with van der Waals surface area (Å²) in [6, 6.07) is 3.83. The summed E-state index contributed by atoms with van der Waals surface area (Å²) < 4.78 is 4.26. The van der Waals surface area contributed by atoms with E-state index in [1.165, 1.54) is 4.68 Å². The van der Waals surface area contributed by atoms with Gasteiger partial charge in [0.25, 0.3) is 5.56 Å². The normalized spacial score (nSPS) is 11.4. The third kappa shape index (κ3) is 2.00. The predicted molar refractivity (Wildman–Crippen MR) is 76.4 cm³/mol. The van der Waals surface area contributed by atoms with Crippen molar-refractivity contribution in [3.05, 3.63) is 33.7 Å². The molecule has 104 valence electrons. The molecule has 0 spiro atoms. The second-order valence-corrected chi connectivity index (χ2v) is 5.56. The number of aliphatic carboxylic acids is 1. The summed E-state index contributed by atoms with van der Waals surface area (Å²) in [6.45, 7) is 2.17. The van der Waals surface area contributed by atoms with Crippen LogP contribution in [0.2, 0.25) is 0 Å². The summed E-state index contributed by atoms with van der Waals surface area (Å²) in [5.74, 6) is -0.137. The maximum absolute atomic E-state index is 12.4. The molecule has 0 fully saturated rings. The second kappa shape index (κ2) is 4.75. The van der Waals surface area contributed by atoms with Gasteiger partial charge in [0.15, 0.2) is 0 Å². The van der Waals surface area contributed by atoms with Gasteiger partial charge in [-0.2, -0.15) is 5.10 Å². The Morgan fingerprint density at radius 3 is 3.00 bits per heavy atom. The maximum Gasteiger partial charge on any atom is 0.303 e. The van der Waals surface area contributed by atoms with E-state index < -0.39 is 5.97 Å². The molecule has 6 nitrogen and oxygen atoms in total. The van der Waals surface area contributed by atoms with Gasteiger partial charge in [0.2, 0.25) is 0 Å². The Morgan fingerprint density at radius 2 is 2.25 bits per heavy atom. The van der Waals surface area contributed by atoms with Crippen molar-refractivity contribution in [3.8, 4) is 0 Å². The molecule has 0 aliphatic heterocycles. The van der Waals surface area contributed by atoms with Gasteiger partial charge in [0.05, 0.1) is 10.2 Å². The highest BCUT2D eigenvalue weighted by atomic mass is 32.1. The minimum Gasteiger partial charge on any atom is -0.481 e. The number of hydrogen-bond acceptors (Lipinski definition) is 4. The van der Waals surface area contributed by atoms with Crippen LogP contribution < -0.4 is 5.56 Å². The number of aromatic nitrogens is 3. The van der Waals surface area contributed by atoms with E-state index in [9.17, 15) is 9.59 Å². The summed E-state index contributed by atoms with van der Waals surface area (Å²) >= 11 is 1.58. The summed E-state index contributed by atoms with van der Waals surface area (Å²) in [6.07, 6.45) is 0.432. The van der Waals surface area contributed by atoms with Gasteiger partial charge in [0, 0.05) is 13.0 Å². The highest BCUT2D eigenvalue weighted by molar-refractivity contribution is 7.17. The van der Waals surface area contributed by atoms with Crippen LogP contribution in [0.25, 0.3) is 15.7 Å². The molecular formula is C13H13N3O3S. The molecule has 0 atom stereocenters. The number of carbonyl (C=O) groups is 1. The lowest BCUT2D eigenvalue weighted by molar-refractivity contribution is -0.137. The minimum absolute atomic E-state index is 0.0362. The van der Waals surface area contributed by atoms with Crippen LogP contribution in [-0.4, -0.2) is 25.3 Å². The molecule has 0 aliphatic carbocycles. The van der Waals surface area contributed by atoms with Crippen molar-refractivity contribution in [2.75, 3.05) is 0 Å². The number of carboxylic acids is 1. The minimum atomic E-state index is -0.862. The average molecular weight is 291 g/mol. The van der Waals surface area contributed by atoms with E-state index in [0.717, 1.165) is 16.0 Å². The quantitative estimate of drug-likeness (QED) is 0.796. The monoisotopic (exact) mass is 291 g/mol. The standard InChI is InChI=1S/C13H13N3O3S/c1-8-14-15(5-2-3-12(17)18)13(19)10-7-11-9(16(8)10)4-6-20-11/h4,6-7H,2-3,5H2,1H3,(H,17,18). The maximum atomic E-state index is 12.4. The van der Waals surface area contributed by atoms with Crippen molar-refractivity contribution in [1.29, 1.82) is 0 Å². The van der Waals surface area contributed by atoms with Crippen molar-refractivity contribution >= 4 is 33.0 Å². The number of aryl methyl sites for hydroxylation is 2. The molecule has 7 heteroatoms. The molecule has 0 aromatic carbocycles. The first-order chi connectivity index (χ1) is 9.58. The lowest BCUT2D eigenvalue weighted by Gasteiger charge is -2.07. The Hall–Kier alpha value is -2.15. The molecule has 0 radical (unpaired) electrons. The molecule has 3 rings (SSSR count). The fraction of sp³-hybridized carbons (Fsp3) is 0.308. The van der Waals surface area contributed by atoms with Gasteiger partial charge in [-0.3, -0.25) is 14.0 Å². The van der Waals surface area contributed by atoms with Crippen LogP contribution in [0.1, 0.15) is 18.7 Å². The van der Waals surface area contributed by atoms with E-state index in [0.29, 0.717) is 18.5 Å². The topological polar surface area (TPSA) is 76.6 Å². The second-order valence-electron chi connectivity index (χ2n) is 4.61. The van der Waals surface area contributed by atoms with Crippen LogP contribution in [0, 0.1) is 6.92 Å². The summed E-state index contributed by atoms with van der Waals surface area (Å²) in [5, 5.41) is 14.9. The van der Waals surface area contributed by atoms with Crippen molar-refractivity contribution in [2.45, 2.75) is 26.3 Å². The van der Waals surface area contributed by atoms with Crippen LogP contribution in [0.4, 0.5) is 0 Å². The highest BCUT2D eigenvalue weighted by Crippen LogP contribution is 2.24. The fourth-order valence-corrected chi connectivity index (χ4v) is 3.16. The zero-order valence-corrected chi connectivity index (χ0v) is 11.7. The molecule has 0 unspecified atom stereocenters. The van der Waals surface area contributed by atoms with Gasteiger partial charge < -0.3 is 5.11 Å². The van der Waals surface area contributed by atoms with Crippen LogP contribution in [-0.2, 0) is 11.3 Å². The van der Waals surface area contributed by atoms with Gasteiger partial charge in [-0.15, -0.1) is 11.3 Å². The number of hydrogen-bond donors (Lipinski definition) is 1. The lowest BCUT2D eigenvalue weighted by atomic mass is 10.3. The molecule has 3 heterocycles. The van der Waals surface area contributed by atoms with Crippen LogP contribution >= 0.6 is 11.3 Å². The van der Waals surface area contributed by atoms with Crippen LogP contribution in [0.3, 0.4) is 0 Å². The Balaban J connectivity index is 2.09. The van der Waals surface area contributed by atoms with Crippen molar-refractivity contribution in [3.63, 3.8) is 0 Å². The SMILES string of the molecule is Cc1nn(CCCC(=O)O)c(=O)c2cc3sccc3n12. The third-order valence-corrected chi connectivity index (χ3v) is 4.08. The van der Waals surface area contributed by atoms with E-state index in [2.05, 4.69) is 5.10 Å². The number of carboxylic acid groups (broad SMARTS) is 1. The van der Waals surface area contributed by atoms with E-state index in [4.69, 9.17) is 5.11 Å². The molecule has 3 aromatic rings. The van der Waals surface area contributed by atoms with Gasteiger partial charge in [-0.05, 0) is 30.9 Å². The predicted octanol–water partition coefficient (Wildman–Crippen LogP) is 1.88. The average Bonchev–Trinajstić information content (AvgIpc) is 2.94. The molecule has 3 aromatic heterocycles. The number of thiophene rings is 1. The van der Waals surface area contributed by atoms with E-state index in [-0.39, 0.29) is 12.0 Å². The molecular weight excluding hydrogens is 278 g/mol. The summed E-state index contributed by atoms with van der Waals surface area (Å²) in [4.78, 5) is 22.9. The lowest BCUT2D eigenvalue weighted by Crippen LogP contribution is -2.26. The molecule has 0 saturated heterocycles. The van der Waals surface area contributed by atoms with E-state index >= 15 is 0 Å². The van der Waals surface area contributed by atoms with Gasteiger partial charge in [-0.1, -0.05) is 0 Å². The summed E-state index contributed by atoms with van der Waals surface area (Å²) in [7, 11) is 0. The smallest absolute Gasteiger partial charge is 0.303 e. The van der Waals surface area contributed by atoms with Crippen molar-refractivity contribution in [2.24, 2.45) is 0 Å². The molecule has 0 saturated carbocycles.